The van der Waals surface area contributed by atoms with Crippen molar-refractivity contribution in [3.05, 3.63) is 12.0 Å². The van der Waals surface area contributed by atoms with E-state index >= 15 is 0 Å². The fourth-order valence-electron chi connectivity index (χ4n) is 0.800. The molecule has 0 saturated carbocycles. The fourth-order valence-corrected chi connectivity index (χ4v) is 0.800. The molecular formula is C7H10O3. The first-order valence-corrected chi connectivity index (χ1v) is 3.28. The van der Waals surface area contributed by atoms with Crippen LogP contribution in [0, 0.1) is 0 Å². The zero-order valence-corrected chi connectivity index (χ0v) is 5.92. The summed E-state index contributed by atoms with van der Waals surface area (Å²) in [5.74, 6) is 0.357. The van der Waals surface area contributed by atoms with Crippen molar-refractivity contribution in [1.29, 1.82) is 0 Å². The van der Waals surface area contributed by atoms with Gasteiger partial charge in [0.05, 0.1) is 6.61 Å². The van der Waals surface area contributed by atoms with Crippen LogP contribution in [0.25, 0.3) is 0 Å². The van der Waals surface area contributed by atoms with Crippen LogP contribution in [0.4, 0.5) is 0 Å². The predicted octanol–water partition coefficient (Wildman–Crippen LogP) is 1.20. The Morgan fingerprint density at radius 1 is 1.80 bits per heavy atom. The van der Waals surface area contributed by atoms with Gasteiger partial charge in [-0.1, -0.05) is 0 Å². The van der Waals surface area contributed by atoms with E-state index in [1.54, 1.807) is 0 Å². The van der Waals surface area contributed by atoms with Crippen molar-refractivity contribution in [3.8, 4) is 0 Å². The molecule has 0 aromatic carbocycles. The number of hydrogen-bond acceptors (Lipinski definition) is 3. The molecule has 0 unspecified atom stereocenters. The maximum absolute atomic E-state index is 10.4. The van der Waals surface area contributed by atoms with Gasteiger partial charge in [0.25, 0.3) is 0 Å². The Kier molecular flexibility index (Phi) is 2.31. The standard InChI is InChI=1S/C7H10O3/c1-6(8)10-7-3-2-4-9-5-7/h5H,2-4H2,1H3. The molecule has 0 amide bonds. The Morgan fingerprint density at radius 2 is 2.60 bits per heavy atom. The third-order valence-corrected chi connectivity index (χ3v) is 1.17. The second kappa shape index (κ2) is 3.25. The van der Waals surface area contributed by atoms with Crippen LogP contribution in [-0.4, -0.2) is 12.6 Å². The van der Waals surface area contributed by atoms with E-state index in [9.17, 15) is 4.79 Å². The first-order chi connectivity index (χ1) is 4.79. The van der Waals surface area contributed by atoms with E-state index in [2.05, 4.69) is 0 Å². The lowest BCUT2D eigenvalue weighted by atomic mass is 10.2. The molecule has 0 atom stereocenters. The lowest BCUT2D eigenvalue weighted by molar-refractivity contribution is -0.137. The molecule has 0 N–H and O–H groups in total. The molecule has 0 aromatic rings. The van der Waals surface area contributed by atoms with Crippen LogP contribution in [0.5, 0.6) is 0 Å². The van der Waals surface area contributed by atoms with Crippen LogP contribution in [0.15, 0.2) is 12.0 Å². The van der Waals surface area contributed by atoms with Crippen LogP contribution in [0.1, 0.15) is 19.8 Å². The van der Waals surface area contributed by atoms with Crippen molar-refractivity contribution in [1.82, 2.24) is 0 Å². The molecule has 10 heavy (non-hydrogen) atoms. The molecule has 0 fully saturated rings. The predicted molar refractivity (Wildman–Crippen MR) is 35.0 cm³/mol. The van der Waals surface area contributed by atoms with Gasteiger partial charge in [-0.25, -0.2) is 0 Å². The van der Waals surface area contributed by atoms with E-state index in [0.29, 0.717) is 5.76 Å². The zero-order chi connectivity index (χ0) is 7.40. The number of allylic oxidation sites excluding steroid dienone is 1. The fraction of sp³-hybridized carbons (Fsp3) is 0.571. The summed E-state index contributed by atoms with van der Waals surface area (Å²) in [6.07, 6.45) is 3.24. The summed E-state index contributed by atoms with van der Waals surface area (Å²) >= 11 is 0. The molecule has 0 radical (unpaired) electrons. The van der Waals surface area contributed by atoms with Crippen molar-refractivity contribution in [2.45, 2.75) is 19.8 Å². The minimum absolute atomic E-state index is 0.281. The summed E-state index contributed by atoms with van der Waals surface area (Å²) in [5, 5.41) is 0. The molecule has 3 heteroatoms. The van der Waals surface area contributed by atoms with E-state index in [-0.39, 0.29) is 5.97 Å². The van der Waals surface area contributed by atoms with Gasteiger partial charge in [-0.15, -0.1) is 0 Å². The molecule has 1 aliphatic rings. The molecule has 1 heterocycles. The van der Waals surface area contributed by atoms with Gasteiger partial charge in [0, 0.05) is 13.3 Å². The highest BCUT2D eigenvalue weighted by molar-refractivity contribution is 5.67. The molecule has 0 aliphatic carbocycles. The molecule has 0 saturated heterocycles. The van der Waals surface area contributed by atoms with E-state index in [1.165, 1.54) is 13.2 Å². The first-order valence-electron chi connectivity index (χ1n) is 3.28. The second-order valence-corrected chi connectivity index (χ2v) is 2.15. The van der Waals surface area contributed by atoms with Crippen LogP contribution in [0.2, 0.25) is 0 Å². The molecule has 0 spiro atoms. The van der Waals surface area contributed by atoms with Crippen LogP contribution < -0.4 is 0 Å². The van der Waals surface area contributed by atoms with Crippen LogP contribution >= 0.6 is 0 Å². The van der Waals surface area contributed by atoms with Crippen molar-refractivity contribution in [2.24, 2.45) is 0 Å². The Morgan fingerprint density at radius 3 is 3.10 bits per heavy atom. The molecule has 3 nitrogen and oxygen atoms in total. The summed E-state index contributed by atoms with van der Waals surface area (Å²) in [6, 6.07) is 0. The van der Waals surface area contributed by atoms with Crippen LogP contribution in [0.3, 0.4) is 0 Å². The first kappa shape index (κ1) is 7.12. The van der Waals surface area contributed by atoms with Gasteiger partial charge in [-0.2, -0.15) is 0 Å². The summed E-state index contributed by atoms with van der Waals surface area (Å²) in [6.45, 7) is 2.11. The summed E-state index contributed by atoms with van der Waals surface area (Å²) in [4.78, 5) is 10.4. The molecular weight excluding hydrogens is 132 g/mol. The maximum atomic E-state index is 10.4. The molecule has 0 aromatic heterocycles. The van der Waals surface area contributed by atoms with Crippen molar-refractivity contribution in [2.75, 3.05) is 6.61 Å². The topological polar surface area (TPSA) is 35.5 Å². The van der Waals surface area contributed by atoms with E-state index in [4.69, 9.17) is 9.47 Å². The lowest BCUT2D eigenvalue weighted by Crippen LogP contribution is -2.05. The van der Waals surface area contributed by atoms with Gasteiger partial charge in [0.1, 0.15) is 12.0 Å². The number of ether oxygens (including phenoxy) is 2. The van der Waals surface area contributed by atoms with Gasteiger partial charge in [-0.05, 0) is 6.42 Å². The van der Waals surface area contributed by atoms with E-state index < -0.39 is 0 Å². The number of hydrogen-bond donors (Lipinski definition) is 0. The van der Waals surface area contributed by atoms with Gasteiger partial charge < -0.3 is 9.47 Å². The molecule has 0 bridgehead atoms. The van der Waals surface area contributed by atoms with E-state index in [1.807, 2.05) is 0 Å². The normalized spacial score (nSPS) is 17.1. The second-order valence-electron chi connectivity index (χ2n) is 2.15. The Balaban J connectivity index is 2.38. The van der Waals surface area contributed by atoms with Crippen molar-refractivity contribution in [3.63, 3.8) is 0 Å². The molecule has 1 aliphatic heterocycles. The van der Waals surface area contributed by atoms with Crippen molar-refractivity contribution >= 4 is 5.97 Å². The zero-order valence-electron chi connectivity index (χ0n) is 5.92. The summed E-state index contributed by atoms with van der Waals surface area (Å²) in [7, 11) is 0. The largest absolute Gasteiger partial charge is 0.498 e. The highest BCUT2D eigenvalue weighted by Gasteiger charge is 2.06. The SMILES string of the molecule is CC(=O)OC1=COCCC1. The van der Waals surface area contributed by atoms with Gasteiger partial charge in [-0.3, -0.25) is 4.79 Å². The average molecular weight is 142 g/mol. The third-order valence-electron chi connectivity index (χ3n) is 1.17. The number of carbonyl (C=O) groups excluding carboxylic acids is 1. The van der Waals surface area contributed by atoms with E-state index in [0.717, 1.165) is 19.4 Å². The number of rotatable bonds is 1. The highest BCUT2D eigenvalue weighted by atomic mass is 16.6. The van der Waals surface area contributed by atoms with Gasteiger partial charge in [0.15, 0.2) is 0 Å². The minimum Gasteiger partial charge on any atom is -0.498 e. The van der Waals surface area contributed by atoms with Gasteiger partial charge in [0.2, 0.25) is 0 Å². The Hall–Kier alpha value is -0.990. The number of carbonyl (C=O) groups is 1. The third kappa shape index (κ3) is 2.09. The Labute approximate surface area is 59.6 Å². The van der Waals surface area contributed by atoms with Crippen molar-refractivity contribution < 1.29 is 14.3 Å². The number of esters is 1. The monoisotopic (exact) mass is 142 g/mol. The average Bonchev–Trinajstić information content (AvgIpc) is 1.88. The molecule has 1 rings (SSSR count). The van der Waals surface area contributed by atoms with Crippen LogP contribution in [-0.2, 0) is 14.3 Å². The quantitative estimate of drug-likeness (QED) is 0.516. The highest BCUT2D eigenvalue weighted by Crippen LogP contribution is 2.12. The maximum Gasteiger partial charge on any atom is 0.307 e. The summed E-state index contributed by atoms with van der Waals surface area (Å²) in [5.41, 5.74) is 0. The Bertz CT molecular complexity index is 160. The lowest BCUT2D eigenvalue weighted by Gasteiger charge is -2.11. The summed E-state index contributed by atoms with van der Waals surface area (Å²) < 4.78 is 9.73. The molecule has 56 valence electrons. The van der Waals surface area contributed by atoms with Gasteiger partial charge >= 0.3 is 5.97 Å². The minimum atomic E-state index is -0.281. The smallest absolute Gasteiger partial charge is 0.307 e.